The van der Waals surface area contributed by atoms with E-state index in [1.165, 1.54) is 22.5 Å². The first kappa shape index (κ1) is 18.2. The molecule has 2 aromatic carbocycles. The number of rotatable bonds is 3. The Morgan fingerprint density at radius 2 is 1.58 bits per heavy atom. The predicted molar refractivity (Wildman–Crippen MR) is 102 cm³/mol. The summed E-state index contributed by atoms with van der Waals surface area (Å²) < 4.78 is 39.2. The van der Waals surface area contributed by atoms with Gasteiger partial charge in [-0.05, 0) is 36.4 Å². The lowest BCUT2D eigenvalue weighted by Gasteiger charge is -2.34. The number of benzene rings is 2. The lowest BCUT2D eigenvalue weighted by Crippen LogP contribution is -2.48. The highest BCUT2D eigenvalue weighted by Crippen LogP contribution is 2.18. The highest BCUT2D eigenvalue weighted by Gasteiger charge is 2.25. The van der Waals surface area contributed by atoms with Crippen LogP contribution in [0.2, 0.25) is 0 Å². The van der Waals surface area contributed by atoms with Crippen molar-refractivity contribution >= 4 is 15.7 Å². The Balaban J connectivity index is 1.58. The van der Waals surface area contributed by atoms with E-state index in [9.17, 15) is 12.8 Å². The maximum absolute atomic E-state index is 13.0. The average molecular weight is 370 g/mol. The van der Waals surface area contributed by atoms with Crippen LogP contribution in [0.3, 0.4) is 0 Å². The molecular weight excluding hydrogens is 351 g/mol. The highest BCUT2D eigenvalue weighted by molar-refractivity contribution is 7.92. The lowest BCUT2D eigenvalue weighted by atomic mass is 10.2. The standard InChI is InChI=1S/C20H19FN2O2S/c21-19-9-11-20(12-10-19)22-13-15-23(16-14-22)26(24,25)17-5-4-8-18-6-2-1-3-7-18/h1-3,5-7,9-12,17H,13-16H2. The van der Waals surface area contributed by atoms with Crippen LogP contribution in [-0.4, -0.2) is 38.9 Å². The molecule has 0 N–H and O–H groups in total. The number of halogens is 1. The minimum atomic E-state index is -3.49. The molecular formula is C20H19FN2O2S. The van der Waals surface area contributed by atoms with Gasteiger partial charge in [-0.2, -0.15) is 4.31 Å². The molecule has 26 heavy (non-hydrogen) atoms. The molecule has 1 aliphatic rings. The van der Waals surface area contributed by atoms with Crippen LogP contribution in [0.4, 0.5) is 10.1 Å². The summed E-state index contributed by atoms with van der Waals surface area (Å²) in [6.07, 6.45) is 1.37. The zero-order valence-electron chi connectivity index (χ0n) is 14.2. The summed E-state index contributed by atoms with van der Waals surface area (Å²) in [7, 11) is -3.49. The molecule has 4 nitrogen and oxygen atoms in total. The third-order valence-electron chi connectivity index (χ3n) is 4.10. The Hall–Kier alpha value is -2.62. The van der Waals surface area contributed by atoms with Crippen molar-refractivity contribution in [1.82, 2.24) is 4.31 Å². The van der Waals surface area contributed by atoms with Gasteiger partial charge >= 0.3 is 0 Å². The molecule has 6 heteroatoms. The number of allylic oxidation sites excluding steroid dienone is 1. The second-order valence-corrected chi connectivity index (χ2v) is 7.66. The molecule has 0 radical (unpaired) electrons. The second kappa shape index (κ2) is 8.17. The van der Waals surface area contributed by atoms with E-state index in [4.69, 9.17) is 0 Å². The van der Waals surface area contributed by atoms with E-state index in [2.05, 4.69) is 11.8 Å². The molecule has 0 aromatic heterocycles. The minimum Gasteiger partial charge on any atom is -0.369 e. The molecule has 0 spiro atoms. The van der Waals surface area contributed by atoms with E-state index < -0.39 is 10.0 Å². The van der Waals surface area contributed by atoms with Crippen LogP contribution in [-0.2, 0) is 10.0 Å². The van der Waals surface area contributed by atoms with Gasteiger partial charge in [0.25, 0.3) is 0 Å². The molecule has 3 rings (SSSR count). The maximum Gasteiger partial charge on any atom is 0.236 e. The van der Waals surface area contributed by atoms with Gasteiger partial charge in [0.2, 0.25) is 10.0 Å². The van der Waals surface area contributed by atoms with Gasteiger partial charge in [0, 0.05) is 43.5 Å². The van der Waals surface area contributed by atoms with Gasteiger partial charge in [0.05, 0.1) is 5.41 Å². The first-order valence-electron chi connectivity index (χ1n) is 8.28. The number of hydrogen-bond acceptors (Lipinski definition) is 3. The summed E-state index contributed by atoms with van der Waals surface area (Å²) in [4.78, 5) is 2.05. The van der Waals surface area contributed by atoms with Crippen molar-refractivity contribution in [2.75, 3.05) is 31.1 Å². The van der Waals surface area contributed by atoms with Crippen LogP contribution in [0.25, 0.3) is 0 Å². The quantitative estimate of drug-likeness (QED) is 0.780. The van der Waals surface area contributed by atoms with Gasteiger partial charge in [0.15, 0.2) is 0 Å². The summed E-state index contributed by atoms with van der Waals surface area (Å²) in [5, 5.41) is 1.15. The third-order valence-corrected chi connectivity index (χ3v) is 5.67. The summed E-state index contributed by atoms with van der Waals surface area (Å²) in [6, 6.07) is 15.6. The first-order chi connectivity index (χ1) is 12.5. The van der Waals surface area contributed by atoms with Crippen LogP contribution < -0.4 is 4.90 Å². The molecule has 0 amide bonds. The summed E-state index contributed by atoms with van der Waals surface area (Å²) in [5.74, 6) is 5.37. The van der Waals surface area contributed by atoms with Crippen LogP contribution in [0.5, 0.6) is 0 Å². The van der Waals surface area contributed by atoms with Crippen molar-refractivity contribution in [3.8, 4) is 11.8 Å². The van der Waals surface area contributed by atoms with Crippen molar-refractivity contribution < 1.29 is 12.8 Å². The van der Waals surface area contributed by atoms with E-state index in [1.807, 2.05) is 35.2 Å². The topological polar surface area (TPSA) is 40.6 Å². The monoisotopic (exact) mass is 370 g/mol. The lowest BCUT2D eigenvalue weighted by molar-refractivity contribution is 0.390. The smallest absolute Gasteiger partial charge is 0.236 e. The second-order valence-electron chi connectivity index (χ2n) is 5.85. The Kier molecular flexibility index (Phi) is 5.71. The number of nitrogens with zero attached hydrogens (tertiary/aromatic N) is 2. The molecule has 0 atom stereocenters. The molecule has 0 aliphatic carbocycles. The van der Waals surface area contributed by atoms with Gasteiger partial charge < -0.3 is 4.90 Å². The largest absolute Gasteiger partial charge is 0.369 e. The Labute approximate surface area is 153 Å². The zero-order chi connectivity index (χ0) is 18.4. The van der Waals surface area contributed by atoms with Crippen molar-refractivity contribution in [1.29, 1.82) is 0 Å². The number of hydrogen-bond donors (Lipinski definition) is 0. The molecule has 2 aromatic rings. The van der Waals surface area contributed by atoms with E-state index >= 15 is 0 Å². The van der Waals surface area contributed by atoms with Crippen LogP contribution in [0.15, 0.2) is 66.1 Å². The maximum atomic E-state index is 13.0. The molecule has 0 unspecified atom stereocenters. The van der Waals surface area contributed by atoms with E-state index in [1.54, 1.807) is 12.1 Å². The number of anilines is 1. The fourth-order valence-corrected chi connectivity index (χ4v) is 3.79. The molecule has 1 fully saturated rings. The third kappa shape index (κ3) is 4.72. The molecule has 1 aliphatic heterocycles. The molecule has 1 heterocycles. The van der Waals surface area contributed by atoms with E-state index in [0.29, 0.717) is 26.2 Å². The van der Waals surface area contributed by atoms with Gasteiger partial charge in [-0.25, -0.2) is 12.8 Å². The van der Waals surface area contributed by atoms with Crippen LogP contribution in [0, 0.1) is 17.7 Å². The predicted octanol–water partition coefficient (Wildman–Crippen LogP) is 2.84. The Morgan fingerprint density at radius 3 is 2.23 bits per heavy atom. The molecule has 134 valence electrons. The van der Waals surface area contributed by atoms with Gasteiger partial charge in [-0.15, -0.1) is 0 Å². The SMILES string of the molecule is O=S(=O)(C=CC#Cc1ccccc1)N1CCN(c2ccc(F)cc2)CC1. The summed E-state index contributed by atoms with van der Waals surface area (Å²) >= 11 is 0. The first-order valence-corrected chi connectivity index (χ1v) is 9.79. The Bertz CT molecular complexity index is 921. The summed E-state index contributed by atoms with van der Waals surface area (Å²) in [5.41, 5.74) is 1.73. The number of sulfonamides is 1. The molecule has 0 saturated carbocycles. The van der Waals surface area contributed by atoms with Crippen LogP contribution in [0.1, 0.15) is 5.56 Å². The van der Waals surface area contributed by atoms with Crippen molar-refractivity contribution in [3.63, 3.8) is 0 Å². The van der Waals surface area contributed by atoms with Gasteiger partial charge in [-0.3, -0.25) is 0 Å². The highest BCUT2D eigenvalue weighted by atomic mass is 32.2. The molecule has 1 saturated heterocycles. The normalized spacial score (nSPS) is 15.7. The van der Waals surface area contributed by atoms with Gasteiger partial charge in [-0.1, -0.05) is 30.0 Å². The zero-order valence-corrected chi connectivity index (χ0v) is 15.0. The fraction of sp³-hybridized carbons (Fsp3) is 0.200. The summed E-state index contributed by atoms with van der Waals surface area (Å²) in [6.45, 7) is 1.90. The van der Waals surface area contributed by atoms with Crippen LogP contribution >= 0.6 is 0 Å². The molecule has 0 bridgehead atoms. The Morgan fingerprint density at radius 1 is 0.923 bits per heavy atom. The van der Waals surface area contributed by atoms with Crippen molar-refractivity contribution in [2.45, 2.75) is 0 Å². The minimum absolute atomic E-state index is 0.281. The van der Waals surface area contributed by atoms with E-state index in [0.717, 1.165) is 16.7 Å². The fourth-order valence-electron chi connectivity index (χ4n) is 2.71. The van der Waals surface area contributed by atoms with Crippen molar-refractivity contribution in [3.05, 3.63) is 77.5 Å². The van der Waals surface area contributed by atoms with Crippen molar-refractivity contribution in [2.24, 2.45) is 0 Å². The van der Waals surface area contributed by atoms with Gasteiger partial charge in [0.1, 0.15) is 5.82 Å². The average Bonchev–Trinajstić information content (AvgIpc) is 2.67. The number of piperazine rings is 1. The van der Waals surface area contributed by atoms with E-state index in [-0.39, 0.29) is 5.82 Å².